The van der Waals surface area contributed by atoms with Crippen molar-refractivity contribution in [1.82, 2.24) is 10.2 Å². The van der Waals surface area contributed by atoms with Gasteiger partial charge in [0.15, 0.2) is 0 Å². The van der Waals surface area contributed by atoms with Gasteiger partial charge in [-0.3, -0.25) is 4.79 Å². The van der Waals surface area contributed by atoms with Crippen molar-refractivity contribution in [2.75, 3.05) is 27.2 Å². The Bertz CT molecular complexity index is 695. The summed E-state index contributed by atoms with van der Waals surface area (Å²) < 4.78 is 5.83. The monoisotopic (exact) mass is 413 g/mol. The minimum absolute atomic E-state index is 0. The molecule has 0 aliphatic heterocycles. The van der Waals surface area contributed by atoms with E-state index in [1.54, 1.807) is 6.92 Å². The van der Waals surface area contributed by atoms with Crippen molar-refractivity contribution >= 4 is 30.7 Å². The lowest BCUT2D eigenvalue weighted by atomic mass is 9.92. The SMILES string of the molecule is CN(C)CCOc1ccccc1CNC(=O)C(C)(N)c1ccccc1.Cl.Cl. The van der Waals surface area contributed by atoms with Crippen LogP contribution in [0.15, 0.2) is 54.6 Å². The molecule has 27 heavy (non-hydrogen) atoms. The fraction of sp³-hybridized carbons (Fsp3) is 0.350. The van der Waals surface area contributed by atoms with E-state index in [-0.39, 0.29) is 30.7 Å². The Morgan fingerprint density at radius 2 is 1.67 bits per heavy atom. The Kier molecular flexibility index (Phi) is 11.0. The number of nitrogens with zero attached hydrogens (tertiary/aromatic N) is 1. The molecule has 150 valence electrons. The van der Waals surface area contributed by atoms with Crippen molar-refractivity contribution in [3.05, 3.63) is 65.7 Å². The van der Waals surface area contributed by atoms with Crippen LogP contribution in [0, 0.1) is 0 Å². The van der Waals surface area contributed by atoms with E-state index < -0.39 is 5.54 Å². The van der Waals surface area contributed by atoms with Gasteiger partial charge in [-0.2, -0.15) is 0 Å². The highest BCUT2D eigenvalue weighted by Crippen LogP contribution is 2.20. The summed E-state index contributed by atoms with van der Waals surface area (Å²) in [6.45, 7) is 3.51. The van der Waals surface area contributed by atoms with E-state index in [0.29, 0.717) is 13.2 Å². The average molecular weight is 414 g/mol. The minimum atomic E-state index is -1.08. The van der Waals surface area contributed by atoms with Gasteiger partial charge in [-0.05, 0) is 32.6 Å². The number of carbonyl (C=O) groups is 1. The quantitative estimate of drug-likeness (QED) is 0.697. The number of carbonyl (C=O) groups excluding carboxylic acids is 1. The summed E-state index contributed by atoms with van der Waals surface area (Å²) in [5.74, 6) is 0.560. The van der Waals surface area contributed by atoms with Gasteiger partial charge in [0.2, 0.25) is 5.91 Å². The average Bonchev–Trinajstić information content (AvgIpc) is 2.61. The second kappa shape index (κ2) is 11.8. The summed E-state index contributed by atoms with van der Waals surface area (Å²) in [4.78, 5) is 14.6. The van der Waals surface area contributed by atoms with Crippen molar-refractivity contribution in [1.29, 1.82) is 0 Å². The molecular weight excluding hydrogens is 385 g/mol. The number of nitrogens with one attached hydrogen (secondary N) is 1. The first kappa shape index (κ1) is 25.2. The fourth-order valence-electron chi connectivity index (χ4n) is 2.40. The first-order chi connectivity index (χ1) is 11.9. The first-order valence-corrected chi connectivity index (χ1v) is 8.39. The highest BCUT2D eigenvalue weighted by Gasteiger charge is 2.30. The number of ether oxygens (including phenoxy) is 1. The van der Waals surface area contributed by atoms with Crippen LogP contribution in [0.2, 0.25) is 0 Å². The lowest BCUT2D eigenvalue weighted by Crippen LogP contribution is -2.48. The van der Waals surface area contributed by atoms with Crippen molar-refractivity contribution < 1.29 is 9.53 Å². The van der Waals surface area contributed by atoms with Crippen LogP contribution in [-0.4, -0.2) is 38.1 Å². The predicted molar refractivity (Wildman–Crippen MR) is 115 cm³/mol. The zero-order chi connectivity index (χ0) is 18.3. The molecule has 0 aromatic heterocycles. The van der Waals surface area contributed by atoms with E-state index in [2.05, 4.69) is 10.2 Å². The molecule has 0 radical (unpaired) electrons. The maximum Gasteiger partial charge on any atom is 0.244 e. The molecule has 1 unspecified atom stereocenters. The van der Waals surface area contributed by atoms with E-state index in [9.17, 15) is 4.79 Å². The van der Waals surface area contributed by atoms with Crippen molar-refractivity contribution in [2.24, 2.45) is 5.73 Å². The fourth-order valence-corrected chi connectivity index (χ4v) is 2.40. The van der Waals surface area contributed by atoms with Crippen LogP contribution < -0.4 is 15.8 Å². The summed E-state index contributed by atoms with van der Waals surface area (Å²) >= 11 is 0. The largest absolute Gasteiger partial charge is 0.492 e. The Morgan fingerprint density at radius 1 is 1.07 bits per heavy atom. The number of hydrogen-bond donors (Lipinski definition) is 2. The predicted octanol–water partition coefficient (Wildman–Crippen LogP) is 2.96. The molecule has 2 aromatic rings. The Balaban J connectivity index is 0.00000338. The zero-order valence-corrected chi connectivity index (χ0v) is 17.6. The highest BCUT2D eigenvalue weighted by atomic mass is 35.5. The molecule has 1 amide bonds. The highest BCUT2D eigenvalue weighted by molar-refractivity contribution is 5.87. The number of benzene rings is 2. The number of rotatable bonds is 8. The topological polar surface area (TPSA) is 67.6 Å². The molecule has 0 heterocycles. The van der Waals surface area contributed by atoms with Gasteiger partial charge in [-0.25, -0.2) is 0 Å². The molecular formula is C20H29Cl2N3O2. The molecule has 0 spiro atoms. The molecule has 0 fully saturated rings. The summed E-state index contributed by atoms with van der Waals surface area (Å²) in [6.07, 6.45) is 0. The van der Waals surface area contributed by atoms with E-state index in [4.69, 9.17) is 10.5 Å². The van der Waals surface area contributed by atoms with E-state index in [1.165, 1.54) is 0 Å². The van der Waals surface area contributed by atoms with Gasteiger partial charge in [0.1, 0.15) is 17.9 Å². The second-order valence-corrected chi connectivity index (χ2v) is 6.51. The van der Waals surface area contributed by atoms with Crippen molar-refractivity contribution in [2.45, 2.75) is 19.0 Å². The number of hydrogen-bond acceptors (Lipinski definition) is 4. The summed E-state index contributed by atoms with van der Waals surface area (Å²) in [6, 6.07) is 17.1. The Morgan fingerprint density at radius 3 is 2.30 bits per heavy atom. The maximum atomic E-state index is 12.6. The van der Waals surface area contributed by atoms with Crippen LogP contribution >= 0.6 is 24.8 Å². The number of likely N-dealkylation sites (N-methyl/N-ethyl adjacent to an activating group) is 1. The molecule has 0 aliphatic rings. The molecule has 1 atom stereocenters. The van der Waals surface area contributed by atoms with Gasteiger partial charge in [-0.15, -0.1) is 24.8 Å². The normalized spacial score (nSPS) is 12.3. The molecule has 0 saturated heterocycles. The number of nitrogens with two attached hydrogens (primary N) is 1. The van der Waals surface area contributed by atoms with Gasteiger partial charge in [0.05, 0.1) is 0 Å². The van der Waals surface area contributed by atoms with Gasteiger partial charge < -0.3 is 20.7 Å². The standard InChI is InChI=1S/C20H27N3O2.2ClH/c1-20(21,17-10-5-4-6-11-17)19(24)22-15-16-9-7-8-12-18(16)25-14-13-23(2)3;;/h4-12H,13-15,21H2,1-3H3,(H,22,24);2*1H. The Labute approximate surface area is 174 Å². The molecule has 0 bridgehead atoms. The molecule has 0 saturated carbocycles. The number of para-hydroxylation sites is 1. The second-order valence-electron chi connectivity index (χ2n) is 6.51. The molecule has 2 rings (SSSR count). The lowest BCUT2D eigenvalue weighted by Gasteiger charge is -2.24. The Hall–Kier alpha value is -1.79. The lowest BCUT2D eigenvalue weighted by molar-refractivity contribution is -0.126. The van der Waals surface area contributed by atoms with E-state index >= 15 is 0 Å². The molecule has 3 N–H and O–H groups in total. The van der Waals surface area contributed by atoms with Crippen molar-refractivity contribution in [3.8, 4) is 5.75 Å². The third-order valence-corrected chi connectivity index (χ3v) is 4.05. The van der Waals surface area contributed by atoms with Crippen molar-refractivity contribution in [3.63, 3.8) is 0 Å². The van der Waals surface area contributed by atoms with Gasteiger partial charge in [-0.1, -0.05) is 48.5 Å². The molecule has 2 aromatic carbocycles. The van der Waals surface area contributed by atoms with Gasteiger partial charge in [0.25, 0.3) is 0 Å². The molecule has 0 aliphatic carbocycles. The third-order valence-electron chi connectivity index (χ3n) is 4.05. The van der Waals surface area contributed by atoms with Crippen LogP contribution in [0.4, 0.5) is 0 Å². The van der Waals surface area contributed by atoms with Crippen LogP contribution in [-0.2, 0) is 16.9 Å². The molecule has 5 nitrogen and oxygen atoms in total. The number of halogens is 2. The van der Waals surface area contributed by atoms with Gasteiger partial charge in [0, 0.05) is 18.7 Å². The van der Waals surface area contributed by atoms with Crippen LogP contribution in [0.1, 0.15) is 18.1 Å². The van der Waals surface area contributed by atoms with Crippen LogP contribution in [0.25, 0.3) is 0 Å². The van der Waals surface area contributed by atoms with Crippen LogP contribution in [0.5, 0.6) is 5.75 Å². The maximum absolute atomic E-state index is 12.6. The van der Waals surface area contributed by atoms with E-state index in [1.807, 2.05) is 68.7 Å². The number of amides is 1. The first-order valence-electron chi connectivity index (χ1n) is 8.39. The third kappa shape index (κ3) is 7.39. The van der Waals surface area contributed by atoms with Gasteiger partial charge >= 0.3 is 0 Å². The van der Waals surface area contributed by atoms with E-state index in [0.717, 1.165) is 23.4 Å². The summed E-state index contributed by atoms with van der Waals surface area (Å²) in [5, 5.41) is 2.92. The summed E-state index contributed by atoms with van der Waals surface area (Å²) in [5.41, 5.74) is 6.88. The summed E-state index contributed by atoms with van der Waals surface area (Å²) in [7, 11) is 4.00. The molecule has 7 heteroatoms. The minimum Gasteiger partial charge on any atom is -0.492 e. The zero-order valence-electron chi connectivity index (χ0n) is 16.0. The smallest absolute Gasteiger partial charge is 0.244 e. The van der Waals surface area contributed by atoms with Crippen LogP contribution in [0.3, 0.4) is 0 Å².